The molecular formula is C29H27ClN4O6. The number of carboxylic acid groups (broad SMARTS) is 1. The molecule has 2 heterocycles. The molecule has 1 saturated heterocycles. The number of anilines is 2. The number of halogens is 1. The van der Waals surface area contributed by atoms with E-state index in [-0.39, 0.29) is 18.0 Å². The second-order valence-corrected chi connectivity index (χ2v) is 10.2. The van der Waals surface area contributed by atoms with Gasteiger partial charge in [-0.3, -0.25) is 20.2 Å². The molecule has 4 N–H and O–H groups in total. The lowest BCUT2D eigenvalue weighted by Crippen LogP contribution is -2.50. The van der Waals surface area contributed by atoms with E-state index in [1.807, 2.05) is 30.3 Å². The smallest absolute Gasteiger partial charge is 0.412 e. The van der Waals surface area contributed by atoms with Crippen LogP contribution in [0, 0.1) is 0 Å². The van der Waals surface area contributed by atoms with Gasteiger partial charge in [0.05, 0.1) is 12.2 Å². The molecule has 1 fully saturated rings. The molecule has 0 radical (unpaired) electrons. The van der Waals surface area contributed by atoms with Crippen LogP contribution in [0.4, 0.5) is 21.0 Å². The molecule has 2 atom stereocenters. The lowest BCUT2D eigenvalue weighted by molar-refractivity contribution is -0.133. The number of hydrogen-bond acceptors (Lipinski definition) is 5. The molecule has 5 rings (SSSR count). The van der Waals surface area contributed by atoms with Crippen LogP contribution in [0.3, 0.4) is 0 Å². The first-order valence-corrected chi connectivity index (χ1v) is 13.1. The Hall–Kier alpha value is -4.57. The Balaban J connectivity index is 1.35. The topological polar surface area (TPSA) is 137 Å². The number of amides is 4. The maximum atomic E-state index is 13.8. The number of rotatable bonds is 7. The largest absolute Gasteiger partial charge is 0.465 e. The van der Waals surface area contributed by atoms with Crippen LogP contribution in [0.5, 0.6) is 0 Å². The zero-order valence-corrected chi connectivity index (χ0v) is 22.1. The van der Waals surface area contributed by atoms with Crippen molar-refractivity contribution in [3.8, 4) is 0 Å². The lowest BCUT2D eigenvalue weighted by atomic mass is 9.90. The number of likely N-dealkylation sites (tertiary alicyclic amines) is 1. The second kappa shape index (κ2) is 11.3. The van der Waals surface area contributed by atoms with Crippen molar-refractivity contribution in [1.29, 1.82) is 0 Å². The highest BCUT2D eigenvalue weighted by atomic mass is 35.5. The zero-order chi connectivity index (χ0) is 28.3. The number of carbonyl (C=O) groups is 4. The average Bonchev–Trinajstić information content (AvgIpc) is 3.35. The molecule has 0 aromatic heterocycles. The Kier molecular flexibility index (Phi) is 7.61. The minimum absolute atomic E-state index is 0.125. The van der Waals surface area contributed by atoms with E-state index >= 15 is 0 Å². The van der Waals surface area contributed by atoms with Gasteiger partial charge in [-0.15, -0.1) is 0 Å². The maximum absolute atomic E-state index is 13.8. The second-order valence-electron chi connectivity index (χ2n) is 9.77. The van der Waals surface area contributed by atoms with Crippen LogP contribution in [0.25, 0.3) is 0 Å². The van der Waals surface area contributed by atoms with Gasteiger partial charge < -0.3 is 20.1 Å². The summed E-state index contributed by atoms with van der Waals surface area (Å²) in [7, 11) is 0. The van der Waals surface area contributed by atoms with Gasteiger partial charge in [-0.25, -0.2) is 9.59 Å². The Morgan fingerprint density at radius 2 is 1.82 bits per heavy atom. The first-order valence-electron chi connectivity index (χ1n) is 12.8. The number of aryl methyl sites for hydroxylation is 1. The van der Waals surface area contributed by atoms with Crippen molar-refractivity contribution in [2.75, 3.05) is 23.7 Å². The highest BCUT2D eigenvalue weighted by Crippen LogP contribution is 2.43. The minimum atomic E-state index is -1.21. The molecule has 0 bridgehead atoms. The summed E-state index contributed by atoms with van der Waals surface area (Å²) in [5, 5.41) is 17.1. The van der Waals surface area contributed by atoms with Gasteiger partial charge in [0.1, 0.15) is 6.04 Å². The number of hydrogen-bond donors (Lipinski definition) is 4. The summed E-state index contributed by atoms with van der Waals surface area (Å²) in [5.41, 5.74) is 1.87. The molecule has 0 aliphatic carbocycles. The number of benzene rings is 3. The number of nitrogens with one attached hydrogen (secondary N) is 3. The number of carbonyl (C=O) groups excluding carboxylic acids is 3. The van der Waals surface area contributed by atoms with Crippen LogP contribution in [0.15, 0.2) is 72.8 Å². The highest BCUT2D eigenvalue weighted by molar-refractivity contribution is 6.30. The summed E-state index contributed by atoms with van der Waals surface area (Å²) in [6.07, 6.45) is -0.525. The Bertz CT molecular complexity index is 1450. The molecule has 10 nitrogen and oxygen atoms in total. The number of fused-ring (bicyclic) bond motifs is 2. The normalized spacial score (nSPS) is 18.3. The molecule has 2 aliphatic heterocycles. The quantitative estimate of drug-likeness (QED) is 0.325. The van der Waals surface area contributed by atoms with Crippen molar-refractivity contribution >= 4 is 47.0 Å². The molecular weight excluding hydrogens is 536 g/mol. The van der Waals surface area contributed by atoms with Crippen molar-refractivity contribution < 1.29 is 29.0 Å². The van der Waals surface area contributed by atoms with Gasteiger partial charge >= 0.3 is 12.2 Å². The summed E-state index contributed by atoms with van der Waals surface area (Å²) in [4.78, 5) is 51.8. The standard InChI is InChI=1S/C29H27ClN4O6/c30-20-9-13-23-22(16-20)29(40-28(39)33-23)14-15-34(17-29)26(36)24(12-6-18-4-2-1-3-5-18)32-25(35)19-7-10-21(11-8-19)31-27(37)38/h1-5,7-11,13,16,24,31H,6,12,14-15,17H2,(H,32,35)(H,33,39)(H,37,38)/t24-,29?/m0/s1. The third-order valence-electron chi connectivity index (χ3n) is 7.11. The van der Waals surface area contributed by atoms with E-state index in [1.54, 1.807) is 23.1 Å². The summed E-state index contributed by atoms with van der Waals surface area (Å²) in [6.45, 7) is 0.450. The molecule has 11 heteroatoms. The first kappa shape index (κ1) is 27.0. The van der Waals surface area contributed by atoms with Crippen LogP contribution in [0.2, 0.25) is 5.02 Å². The monoisotopic (exact) mass is 562 g/mol. The molecule has 206 valence electrons. The zero-order valence-electron chi connectivity index (χ0n) is 21.4. The van der Waals surface area contributed by atoms with Crippen molar-refractivity contribution in [3.63, 3.8) is 0 Å². The van der Waals surface area contributed by atoms with Gasteiger partial charge in [-0.1, -0.05) is 41.9 Å². The Morgan fingerprint density at radius 3 is 2.55 bits per heavy atom. The molecule has 1 unspecified atom stereocenters. The van der Waals surface area contributed by atoms with Crippen molar-refractivity contribution in [1.82, 2.24) is 10.2 Å². The molecule has 1 spiro atoms. The van der Waals surface area contributed by atoms with E-state index in [4.69, 9.17) is 21.4 Å². The Morgan fingerprint density at radius 1 is 1.07 bits per heavy atom. The van der Waals surface area contributed by atoms with Crippen LogP contribution < -0.4 is 16.0 Å². The molecule has 0 saturated carbocycles. The average molecular weight is 563 g/mol. The highest BCUT2D eigenvalue weighted by Gasteiger charge is 2.49. The van der Waals surface area contributed by atoms with E-state index in [2.05, 4.69) is 16.0 Å². The summed E-state index contributed by atoms with van der Waals surface area (Å²) < 4.78 is 5.76. The lowest BCUT2D eigenvalue weighted by Gasteiger charge is -2.35. The van der Waals surface area contributed by atoms with Gasteiger partial charge in [-0.05, 0) is 60.9 Å². The molecule has 3 aromatic rings. The van der Waals surface area contributed by atoms with Gasteiger partial charge in [0.15, 0.2) is 5.60 Å². The number of nitrogens with zero attached hydrogens (tertiary/aromatic N) is 1. The maximum Gasteiger partial charge on any atom is 0.412 e. The fourth-order valence-corrected chi connectivity index (χ4v) is 5.32. The SMILES string of the molecule is O=C(O)Nc1ccc(C(=O)N[C@@H](CCc2ccccc2)C(=O)N2CCC3(C2)OC(=O)Nc2ccc(Cl)cc23)cc1. The van der Waals surface area contributed by atoms with E-state index in [0.29, 0.717) is 47.8 Å². The predicted molar refractivity (Wildman–Crippen MR) is 149 cm³/mol. The number of ether oxygens (including phenoxy) is 1. The van der Waals surface area contributed by atoms with Gasteiger partial charge in [-0.2, -0.15) is 0 Å². The van der Waals surface area contributed by atoms with Crippen molar-refractivity contribution in [2.45, 2.75) is 30.9 Å². The van der Waals surface area contributed by atoms with Crippen molar-refractivity contribution in [2.24, 2.45) is 0 Å². The third-order valence-corrected chi connectivity index (χ3v) is 7.34. The van der Waals surface area contributed by atoms with Gasteiger partial charge in [0.25, 0.3) is 5.91 Å². The van der Waals surface area contributed by atoms with Crippen LogP contribution >= 0.6 is 11.6 Å². The van der Waals surface area contributed by atoms with E-state index in [1.165, 1.54) is 24.3 Å². The molecule has 3 aromatic carbocycles. The fourth-order valence-electron chi connectivity index (χ4n) is 5.15. The van der Waals surface area contributed by atoms with Crippen LogP contribution in [-0.4, -0.2) is 53.1 Å². The minimum Gasteiger partial charge on any atom is -0.465 e. The molecule has 40 heavy (non-hydrogen) atoms. The first-order chi connectivity index (χ1) is 19.2. The van der Waals surface area contributed by atoms with Gasteiger partial charge in [0.2, 0.25) is 5.91 Å². The Labute approximate surface area is 235 Å². The van der Waals surface area contributed by atoms with Gasteiger partial charge in [0, 0.05) is 34.8 Å². The van der Waals surface area contributed by atoms with E-state index in [9.17, 15) is 19.2 Å². The third kappa shape index (κ3) is 5.86. The molecule has 4 amide bonds. The van der Waals surface area contributed by atoms with E-state index < -0.39 is 29.7 Å². The van der Waals surface area contributed by atoms with Crippen LogP contribution in [0.1, 0.15) is 34.3 Å². The molecule has 2 aliphatic rings. The van der Waals surface area contributed by atoms with Crippen LogP contribution in [-0.2, 0) is 21.6 Å². The summed E-state index contributed by atoms with van der Waals surface area (Å²) >= 11 is 6.24. The summed E-state index contributed by atoms with van der Waals surface area (Å²) in [6, 6.07) is 19.8. The predicted octanol–water partition coefficient (Wildman–Crippen LogP) is 4.85. The van der Waals surface area contributed by atoms with Crippen molar-refractivity contribution in [3.05, 3.63) is 94.5 Å². The fraction of sp³-hybridized carbons (Fsp3) is 0.241. The summed E-state index contributed by atoms with van der Waals surface area (Å²) in [5.74, 6) is -0.754. The van der Waals surface area contributed by atoms with E-state index in [0.717, 1.165) is 5.56 Å².